The number of rotatable bonds is 4. The number of allylic oxidation sites excluding steroid dienone is 1. The fraction of sp³-hybridized carbons (Fsp3) is 0.360. The van der Waals surface area contributed by atoms with Gasteiger partial charge in [-0.1, -0.05) is 43.5 Å². The number of hydrogen-bond acceptors (Lipinski definition) is 2. The number of aromatic hydroxyl groups is 1. The van der Waals surface area contributed by atoms with Gasteiger partial charge in [-0.3, -0.25) is 0 Å². The molecule has 1 fully saturated rings. The Bertz CT molecular complexity index is 1040. The number of benzene rings is 2. The van der Waals surface area contributed by atoms with Gasteiger partial charge in [0, 0.05) is 29.6 Å². The molecule has 0 saturated heterocycles. The minimum atomic E-state index is 0.266. The number of phenols is 1. The highest BCUT2D eigenvalue weighted by atomic mass is 16.5. The van der Waals surface area contributed by atoms with Crippen molar-refractivity contribution >= 4 is 16.5 Å². The molecular weight excluding hydrogens is 346 g/mol. The van der Waals surface area contributed by atoms with Crippen LogP contribution in [0.5, 0.6) is 11.5 Å². The van der Waals surface area contributed by atoms with E-state index in [0.717, 1.165) is 22.4 Å². The Labute approximate surface area is 167 Å². The van der Waals surface area contributed by atoms with E-state index in [1.54, 1.807) is 13.2 Å². The van der Waals surface area contributed by atoms with Crippen LogP contribution in [0.4, 0.5) is 0 Å². The average molecular weight is 376 g/mol. The van der Waals surface area contributed by atoms with E-state index in [4.69, 9.17) is 4.74 Å². The SMILES string of the molecule is C=C(C)c1ccc2c(C3CCCCC3)c(-c3ccc(OC)cc3O)n(C)c2c1. The fourth-order valence-corrected chi connectivity index (χ4v) is 4.70. The maximum Gasteiger partial charge on any atom is 0.128 e. The first kappa shape index (κ1) is 18.7. The summed E-state index contributed by atoms with van der Waals surface area (Å²) >= 11 is 0. The molecule has 4 rings (SSSR count). The highest BCUT2D eigenvalue weighted by molar-refractivity contribution is 5.95. The molecule has 0 atom stereocenters. The molecule has 3 nitrogen and oxygen atoms in total. The van der Waals surface area contributed by atoms with Gasteiger partial charge in [0.2, 0.25) is 0 Å². The molecule has 2 aromatic carbocycles. The van der Waals surface area contributed by atoms with Crippen LogP contribution >= 0.6 is 0 Å². The molecule has 146 valence electrons. The Hall–Kier alpha value is -2.68. The zero-order chi connectivity index (χ0) is 19.8. The lowest BCUT2D eigenvalue weighted by Crippen LogP contribution is -2.06. The van der Waals surface area contributed by atoms with Gasteiger partial charge >= 0.3 is 0 Å². The molecule has 3 heteroatoms. The first-order valence-corrected chi connectivity index (χ1v) is 10.2. The van der Waals surface area contributed by atoms with Crippen molar-refractivity contribution in [1.82, 2.24) is 4.57 Å². The number of phenolic OH excluding ortho intramolecular Hbond substituents is 1. The lowest BCUT2D eigenvalue weighted by Gasteiger charge is -2.23. The van der Waals surface area contributed by atoms with Crippen molar-refractivity contribution in [3.8, 4) is 22.8 Å². The Morgan fingerprint density at radius 2 is 1.86 bits per heavy atom. The van der Waals surface area contributed by atoms with Crippen LogP contribution in [0, 0.1) is 0 Å². The third-order valence-corrected chi connectivity index (χ3v) is 6.21. The van der Waals surface area contributed by atoms with Crippen molar-refractivity contribution in [2.45, 2.75) is 44.9 Å². The van der Waals surface area contributed by atoms with Gasteiger partial charge in [-0.2, -0.15) is 0 Å². The monoisotopic (exact) mass is 375 g/mol. The van der Waals surface area contributed by atoms with Gasteiger partial charge in [0.05, 0.1) is 12.8 Å². The fourth-order valence-electron chi connectivity index (χ4n) is 4.70. The van der Waals surface area contributed by atoms with E-state index < -0.39 is 0 Å². The van der Waals surface area contributed by atoms with Crippen LogP contribution in [0.15, 0.2) is 43.0 Å². The van der Waals surface area contributed by atoms with Crippen LogP contribution in [0.3, 0.4) is 0 Å². The van der Waals surface area contributed by atoms with Crippen LogP contribution in [0.2, 0.25) is 0 Å². The molecule has 0 amide bonds. The molecule has 0 radical (unpaired) electrons. The van der Waals surface area contributed by atoms with Crippen molar-refractivity contribution in [1.29, 1.82) is 0 Å². The summed E-state index contributed by atoms with van der Waals surface area (Å²) in [6.07, 6.45) is 6.30. The molecule has 1 heterocycles. The summed E-state index contributed by atoms with van der Waals surface area (Å²) < 4.78 is 7.53. The van der Waals surface area contributed by atoms with Crippen LogP contribution in [-0.4, -0.2) is 16.8 Å². The standard InChI is InChI=1S/C25H29NO2/c1-16(2)18-10-12-20-22(14-18)26(3)25(24(20)17-8-6-5-7-9-17)21-13-11-19(28-4)15-23(21)27/h10-15,17,27H,1,5-9H2,2-4H3. The number of methoxy groups -OCH3 is 1. The second kappa shape index (κ2) is 7.38. The summed E-state index contributed by atoms with van der Waals surface area (Å²) in [6, 6.07) is 12.3. The zero-order valence-corrected chi connectivity index (χ0v) is 17.1. The predicted molar refractivity (Wildman–Crippen MR) is 117 cm³/mol. The molecule has 1 N–H and O–H groups in total. The van der Waals surface area contributed by atoms with Crippen molar-refractivity contribution < 1.29 is 9.84 Å². The van der Waals surface area contributed by atoms with E-state index in [1.165, 1.54) is 48.6 Å². The largest absolute Gasteiger partial charge is 0.507 e. The average Bonchev–Trinajstić information content (AvgIpc) is 3.00. The first-order valence-electron chi connectivity index (χ1n) is 10.2. The number of nitrogens with zero attached hydrogens (tertiary/aromatic N) is 1. The van der Waals surface area contributed by atoms with Crippen LogP contribution in [0.25, 0.3) is 27.7 Å². The number of fused-ring (bicyclic) bond motifs is 1. The van der Waals surface area contributed by atoms with Crippen LogP contribution < -0.4 is 4.74 Å². The van der Waals surface area contributed by atoms with Crippen LogP contribution in [-0.2, 0) is 7.05 Å². The highest BCUT2D eigenvalue weighted by Crippen LogP contribution is 2.46. The number of ether oxygens (including phenoxy) is 1. The summed E-state index contributed by atoms with van der Waals surface area (Å²) in [5.41, 5.74) is 6.81. The lowest BCUT2D eigenvalue weighted by atomic mass is 9.81. The Morgan fingerprint density at radius 1 is 1.11 bits per heavy atom. The molecule has 1 saturated carbocycles. The normalized spacial score (nSPS) is 15.1. The molecule has 28 heavy (non-hydrogen) atoms. The Balaban J connectivity index is 2.00. The number of aryl methyl sites for hydroxylation is 1. The third-order valence-electron chi connectivity index (χ3n) is 6.21. The molecule has 3 aromatic rings. The van der Waals surface area contributed by atoms with E-state index in [2.05, 4.69) is 36.4 Å². The zero-order valence-electron chi connectivity index (χ0n) is 17.1. The van der Waals surface area contributed by atoms with Crippen molar-refractivity contribution in [2.75, 3.05) is 7.11 Å². The van der Waals surface area contributed by atoms with Crippen molar-refractivity contribution in [2.24, 2.45) is 7.05 Å². The first-order chi connectivity index (χ1) is 13.5. The lowest BCUT2D eigenvalue weighted by molar-refractivity contribution is 0.408. The maximum absolute atomic E-state index is 10.8. The Morgan fingerprint density at radius 3 is 2.50 bits per heavy atom. The van der Waals surface area contributed by atoms with E-state index in [0.29, 0.717) is 11.7 Å². The summed E-state index contributed by atoms with van der Waals surface area (Å²) in [6.45, 7) is 6.15. The van der Waals surface area contributed by atoms with Crippen LogP contribution in [0.1, 0.15) is 56.1 Å². The molecule has 1 aliphatic rings. The molecule has 0 unspecified atom stereocenters. The van der Waals surface area contributed by atoms with Crippen molar-refractivity contribution in [3.63, 3.8) is 0 Å². The van der Waals surface area contributed by atoms with E-state index in [-0.39, 0.29) is 5.75 Å². The highest BCUT2D eigenvalue weighted by Gasteiger charge is 2.26. The maximum atomic E-state index is 10.8. The summed E-state index contributed by atoms with van der Waals surface area (Å²) in [5, 5.41) is 12.1. The summed E-state index contributed by atoms with van der Waals surface area (Å²) in [4.78, 5) is 0. The topological polar surface area (TPSA) is 34.4 Å². The number of aromatic nitrogens is 1. The number of hydrogen-bond donors (Lipinski definition) is 1. The van der Waals surface area contributed by atoms with Gasteiger partial charge in [0.1, 0.15) is 11.5 Å². The summed E-state index contributed by atoms with van der Waals surface area (Å²) in [5.74, 6) is 1.47. The van der Waals surface area contributed by atoms with E-state index in [9.17, 15) is 5.11 Å². The quantitative estimate of drug-likeness (QED) is 0.554. The van der Waals surface area contributed by atoms with Gasteiger partial charge in [-0.15, -0.1) is 0 Å². The molecule has 0 aliphatic heterocycles. The van der Waals surface area contributed by atoms with Gasteiger partial charge in [-0.05, 0) is 55.0 Å². The smallest absolute Gasteiger partial charge is 0.128 e. The summed E-state index contributed by atoms with van der Waals surface area (Å²) in [7, 11) is 3.73. The molecule has 1 aliphatic carbocycles. The van der Waals surface area contributed by atoms with Gasteiger partial charge < -0.3 is 14.4 Å². The van der Waals surface area contributed by atoms with Gasteiger partial charge in [-0.25, -0.2) is 0 Å². The minimum absolute atomic E-state index is 0.266. The second-order valence-electron chi connectivity index (χ2n) is 8.05. The van der Waals surface area contributed by atoms with E-state index >= 15 is 0 Å². The van der Waals surface area contributed by atoms with Crippen molar-refractivity contribution in [3.05, 3.63) is 54.1 Å². The third kappa shape index (κ3) is 3.09. The Kier molecular flexibility index (Phi) is 4.92. The molecule has 0 bridgehead atoms. The van der Waals surface area contributed by atoms with Gasteiger partial charge in [0.15, 0.2) is 0 Å². The van der Waals surface area contributed by atoms with Gasteiger partial charge in [0.25, 0.3) is 0 Å². The molecule has 1 aromatic heterocycles. The minimum Gasteiger partial charge on any atom is -0.507 e. The molecule has 0 spiro atoms. The second-order valence-corrected chi connectivity index (χ2v) is 8.05. The van der Waals surface area contributed by atoms with E-state index in [1.807, 2.05) is 19.1 Å². The predicted octanol–water partition coefficient (Wildman–Crippen LogP) is 6.64. The molecular formula is C25H29NO2.